The summed E-state index contributed by atoms with van der Waals surface area (Å²) < 4.78 is 0. The van der Waals surface area contributed by atoms with Crippen molar-refractivity contribution in [3.05, 3.63) is 23.8 Å². The molecule has 1 amide bonds. The van der Waals surface area contributed by atoms with E-state index in [9.17, 15) is 4.79 Å². The van der Waals surface area contributed by atoms with E-state index >= 15 is 0 Å². The first-order chi connectivity index (χ1) is 11.7. The smallest absolute Gasteiger partial charge is 0.223 e. The number of aryl methyl sites for hydroxylation is 1. The number of rotatable bonds is 5. The van der Waals surface area contributed by atoms with E-state index in [4.69, 9.17) is 5.73 Å². The second-order valence-electron chi connectivity index (χ2n) is 7.99. The van der Waals surface area contributed by atoms with E-state index in [0.717, 1.165) is 56.1 Å². The summed E-state index contributed by atoms with van der Waals surface area (Å²) in [6.07, 6.45) is 1.26. The number of anilines is 2. The summed E-state index contributed by atoms with van der Waals surface area (Å²) in [5, 5.41) is 0. The van der Waals surface area contributed by atoms with E-state index in [0.29, 0.717) is 6.42 Å². The first-order valence-electron chi connectivity index (χ1n) is 9.34. The summed E-state index contributed by atoms with van der Waals surface area (Å²) in [5.41, 5.74) is 9.24. The summed E-state index contributed by atoms with van der Waals surface area (Å²) in [6.45, 7) is 13.2. The van der Waals surface area contributed by atoms with Crippen LogP contribution in [0.5, 0.6) is 0 Å². The van der Waals surface area contributed by atoms with E-state index < -0.39 is 0 Å². The molecule has 1 aliphatic heterocycles. The lowest BCUT2D eigenvalue weighted by Gasteiger charge is -2.35. The Morgan fingerprint density at radius 1 is 1.20 bits per heavy atom. The lowest BCUT2D eigenvalue weighted by molar-refractivity contribution is -0.135. The van der Waals surface area contributed by atoms with E-state index in [1.165, 1.54) is 0 Å². The molecule has 1 aromatic carbocycles. The molecule has 0 atom stereocenters. The van der Waals surface area contributed by atoms with Crippen LogP contribution in [-0.4, -0.2) is 61.0 Å². The minimum absolute atomic E-state index is 0.129. The van der Waals surface area contributed by atoms with Crippen LogP contribution in [0.15, 0.2) is 18.2 Å². The number of carbonyl (C=O) groups is 1. The molecular weight excluding hydrogens is 312 g/mol. The Labute approximate surface area is 152 Å². The van der Waals surface area contributed by atoms with Crippen molar-refractivity contribution in [3.63, 3.8) is 0 Å². The number of amides is 1. The highest BCUT2D eigenvalue weighted by atomic mass is 16.2. The van der Waals surface area contributed by atoms with Crippen LogP contribution in [0.3, 0.4) is 0 Å². The zero-order valence-electron chi connectivity index (χ0n) is 16.5. The maximum Gasteiger partial charge on any atom is 0.223 e. The quantitative estimate of drug-likeness (QED) is 0.833. The average Bonchev–Trinajstić information content (AvgIpc) is 2.53. The molecule has 1 aliphatic rings. The van der Waals surface area contributed by atoms with Gasteiger partial charge in [-0.3, -0.25) is 4.79 Å². The van der Waals surface area contributed by atoms with Crippen molar-refractivity contribution in [3.8, 4) is 0 Å². The highest BCUT2D eigenvalue weighted by Gasteiger charge is 2.24. The summed E-state index contributed by atoms with van der Waals surface area (Å²) >= 11 is 0. The van der Waals surface area contributed by atoms with Crippen LogP contribution in [0.25, 0.3) is 0 Å². The van der Waals surface area contributed by atoms with Gasteiger partial charge >= 0.3 is 0 Å². The second-order valence-corrected chi connectivity index (χ2v) is 7.99. The number of nitrogen functional groups attached to an aromatic ring is 1. The summed E-state index contributed by atoms with van der Waals surface area (Å²) in [4.78, 5) is 19.1. The van der Waals surface area contributed by atoms with E-state index in [1.807, 2.05) is 17.9 Å². The van der Waals surface area contributed by atoms with E-state index in [1.54, 1.807) is 0 Å². The van der Waals surface area contributed by atoms with Gasteiger partial charge in [0.2, 0.25) is 5.91 Å². The average molecular weight is 347 g/mol. The topological polar surface area (TPSA) is 52.8 Å². The molecule has 140 valence electrons. The minimum Gasteiger partial charge on any atom is -0.397 e. The van der Waals surface area contributed by atoms with Gasteiger partial charge < -0.3 is 20.4 Å². The Morgan fingerprint density at radius 2 is 1.84 bits per heavy atom. The fourth-order valence-corrected chi connectivity index (χ4v) is 3.51. The highest BCUT2D eigenvalue weighted by Crippen LogP contribution is 2.26. The molecule has 0 radical (unpaired) electrons. The number of likely N-dealkylation sites (N-methyl/N-ethyl adjacent to an activating group) is 1. The van der Waals surface area contributed by atoms with Crippen molar-refractivity contribution in [2.45, 2.75) is 46.1 Å². The molecule has 2 N–H and O–H groups in total. The van der Waals surface area contributed by atoms with Gasteiger partial charge in [-0.2, -0.15) is 0 Å². The van der Waals surface area contributed by atoms with Crippen molar-refractivity contribution < 1.29 is 4.79 Å². The summed E-state index contributed by atoms with van der Waals surface area (Å²) in [5.74, 6) is 0.205. The molecular formula is C20H34N4O. The number of hydrogen-bond donors (Lipinski definition) is 1. The number of hydrogen-bond acceptors (Lipinski definition) is 4. The van der Waals surface area contributed by atoms with Crippen molar-refractivity contribution in [1.29, 1.82) is 0 Å². The van der Waals surface area contributed by atoms with Crippen molar-refractivity contribution in [1.82, 2.24) is 9.80 Å². The van der Waals surface area contributed by atoms with E-state index in [-0.39, 0.29) is 11.4 Å². The number of nitrogens with zero attached hydrogens (tertiary/aromatic N) is 3. The number of carbonyl (C=O) groups excluding carboxylic acids is 1. The fourth-order valence-electron chi connectivity index (χ4n) is 3.51. The number of piperazine rings is 1. The summed E-state index contributed by atoms with van der Waals surface area (Å²) in [6, 6.07) is 6.26. The van der Waals surface area contributed by atoms with Crippen LogP contribution in [0.1, 0.15) is 39.7 Å². The molecule has 25 heavy (non-hydrogen) atoms. The lowest BCUT2D eigenvalue weighted by Crippen LogP contribution is -2.45. The van der Waals surface area contributed by atoms with Crippen LogP contribution >= 0.6 is 0 Å². The molecule has 0 unspecified atom stereocenters. The zero-order chi connectivity index (χ0) is 18.6. The Bertz CT molecular complexity index is 586. The fraction of sp³-hybridized carbons (Fsp3) is 0.650. The van der Waals surface area contributed by atoms with Gasteiger partial charge in [0.15, 0.2) is 0 Å². The van der Waals surface area contributed by atoms with Crippen LogP contribution in [0.2, 0.25) is 0 Å². The third-order valence-corrected chi connectivity index (χ3v) is 4.99. The molecule has 1 fully saturated rings. The predicted octanol–water partition coefficient (Wildman–Crippen LogP) is 2.60. The van der Waals surface area contributed by atoms with Gasteiger partial charge in [0.1, 0.15) is 0 Å². The molecule has 0 spiro atoms. The molecule has 0 aromatic heterocycles. The second kappa shape index (κ2) is 8.09. The van der Waals surface area contributed by atoms with Crippen molar-refractivity contribution in [2.24, 2.45) is 0 Å². The first kappa shape index (κ1) is 19.6. The van der Waals surface area contributed by atoms with Crippen molar-refractivity contribution in [2.75, 3.05) is 50.4 Å². The molecule has 0 bridgehead atoms. The zero-order valence-corrected chi connectivity index (χ0v) is 16.5. The predicted molar refractivity (Wildman–Crippen MR) is 106 cm³/mol. The molecule has 5 heteroatoms. The van der Waals surface area contributed by atoms with Gasteiger partial charge in [0, 0.05) is 44.7 Å². The van der Waals surface area contributed by atoms with Gasteiger partial charge in [-0.05, 0) is 58.9 Å². The Hall–Kier alpha value is -1.75. The first-order valence-corrected chi connectivity index (χ1v) is 9.34. The van der Waals surface area contributed by atoms with Crippen molar-refractivity contribution >= 4 is 17.3 Å². The minimum atomic E-state index is -0.129. The van der Waals surface area contributed by atoms with Gasteiger partial charge in [-0.25, -0.2) is 0 Å². The Balaban J connectivity index is 1.98. The van der Waals surface area contributed by atoms with Crippen LogP contribution < -0.4 is 10.6 Å². The molecule has 1 saturated heterocycles. The normalized spacial score (nSPS) is 16.1. The third-order valence-electron chi connectivity index (χ3n) is 4.99. The van der Waals surface area contributed by atoms with Gasteiger partial charge in [-0.1, -0.05) is 6.07 Å². The SMILES string of the molecule is CCN(C(=O)CCc1ccc(N2CCN(C)CC2)c(N)c1)C(C)(C)C. The summed E-state index contributed by atoms with van der Waals surface area (Å²) in [7, 11) is 2.15. The van der Waals surface area contributed by atoms with Gasteiger partial charge in [0.25, 0.3) is 0 Å². The number of nitrogens with two attached hydrogens (primary N) is 1. The largest absolute Gasteiger partial charge is 0.397 e. The maximum atomic E-state index is 12.5. The van der Waals surface area contributed by atoms with Crippen LogP contribution in [0.4, 0.5) is 11.4 Å². The van der Waals surface area contributed by atoms with E-state index in [2.05, 4.69) is 49.8 Å². The van der Waals surface area contributed by atoms with Gasteiger partial charge in [-0.15, -0.1) is 0 Å². The molecule has 0 aliphatic carbocycles. The Morgan fingerprint density at radius 3 is 2.36 bits per heavy atom. The maximum absolute atomic E-state index is 12.5. The molecule has 1 heterocycles. The van der Waals surface area contributed by atoms with Crippen LogP contribution in [0, 0.1) is 0 Å². The van der Waals surface area contributed by atoms with Gasteiger partial charge in [0.05, 0.1) is 11.4 Å². The lowest BCUT2D eigenvalue weighted by atomic mass is 10.0. The monoisotopic (exact) mass is 346 g/mol. The molecule has 1 aromatic rings. The molecule has 2 rings (SSSR count). The molecule has 5 nitrogen and oxygen atoms in total. The third kappa shape index (κ3) is 5.11. The Kier molecular flexibility index (Phi) is 6.33. The number of benzene rings is 1. The van der Waals surface area contributed by atoms with Crippen LogP contribution in [-0.2, 0) is 11.2 Å². The highest BCUT2D eigenvalue weighted by molar-refractivity contribution is 5.77. The molecule has 0 saturated carbocycles. The standard InChI is InChI=1S/C20H34N4O/c1-6-24(20(2,3)4)19(25)10-8-16-7-9-18(17(21)15-16)23-13-11-22(5)12-14-23/h7,9,15H,6,8,10-14,21H2,1-5H3.